The monoisotopic (exact) mass is 150 g/mol. The highest BCUT2D eigenvalue weighted by molar-refractivity contribution is 6.35. The first kappa shape index (κ1) is 5.81. The van der Waals surface area contributed by atoms with Gasteiger partial charge in [0.15, 0.2) is 0 Å². The number of rotatable bonds is 0. The number of halogens is 1. The third-order valence-corrected chi connectivity index (χ3v) is 1.79. The second kappa shape index (κ2) is 2.03. The largest absolute Gasteiger partial charge is 0.361 e. The summed E-state index contributed by atoms with van der Waals surface area (Å²) >= 11 is 5.85. The Labute approximate surface area is 63.6 Å². The number of benzene rings is 1. The molecular formula is C8H5ClN. The molecule has 0 saturated carbocycles. The van der Waals surface area contributed by atoms with Gasteiger partial charge >= 0.3 is 0 Å². The molecule has 1 heterocycles. The van der Waals surface area contributed by atoms with Crippen LogP contribution in [0, 0.1) is 6.07 Å². The summed E-state index contributed by atoms with van der Waals surface area (Å²) < 4.78 is 0. The molecule has 0 amide bonds. The molecule has 2 aromatic rings. The van der Waals surface area contributed by atoms with Crippen molar-refractivity contribution in [3.8, 4) is 0 Å². The lowest BCUT2D eigenvalue weighted by Gasteiger charge is -1.89. The molecule has 0 unspecified atom stereocenters. The van der Waals surface area contributed by atoms with Crippen LogP contribution in [0.3, 0.4) is 0 Å². The van der Waals surface area contributed by atoms with E-state index in [4.69, 9.17) is 11.6 Å². The summed E-state index contributed by atoms with van der Waals surface area (Å²) in [5, 5.41) is 1.80. The molecule has 2 heteroatoms. The van der Waals surface area contributed by atoms with Crippen LogP contribution < -0.4 is 0 Å². The van der Waals surface area contributed by atoms with Crippen LogP contribution in [-0.2, 0) is 0 Å². The van der Waals surface area contributed by atoms with Crippen molar-refractivity contribution in [2.45, 2.75) is 0 Å². The topological polar surface area (TPSA) is 15.8 Å². The van der Waals surface area contributed by atoms with Crippen LogP contribution >= 0.6 is 11.6 Å². The van der Waals surface area contributed by atoms with Crippen LogP contribution in [0.15, 0.2) is 24.4 Å². The Balaban J connectivity index is 2.95. The van der Waals surface area contributed by atoms with Gasteiger partial charge in [-0.2, -0.15) is 0 Å². The molecule has 0 aliphatic heterocycles. The van der Waals surface area contributed by atoms with Gasteiger partial charge in [0.1, 0.15) is 0 Å². The molecule has 0 aliphatic rings. The second-order valence-electron chi connectivity index (χ2n) is 2.11. The van der Waals surface area contributed by atoms with E-state index < -0.39 is 0 Å². The summed E-state index contributed by atoms with van der Waals surface area (Å²) in [5.41, 5.74) is 1.03. The van der Waals surface area contributed by atoms with Gasteiger partial charge in [0.25, 0.3) is 0 Å². The van der Waals surface area contributed by atoms with Gasteiger partial charge in [-0.25, -0.2) is 0 Å². The normalized spacial score (nSPS) is 10.5. The number of aromatic nitrogens is 1. The minimum absolute atomic E-state index is 0.749. The molecule has 49 valence electrons. The molecule has 1 aromatic carbocycles. The van der Waals surface area contributed by atoms with E-state index in [1.165, 1.54) is 0 Å². The van der Waals surface area contributed by atoms with Crippen molar-refractivity contribution in [3.63, 3.8) is 0 Å². The predicted octanol–water partition coefficient (Wildman–Crippen LogP) is 2.62. The Hall–Kier alpha value is -0.950. The maximum Gasteiger partial charge on any atom is 0.0505 e. The summed E-state index contributed by atoms with van der Waals surface area (Å²) in [6.45, 7) is 0. The molecule has 0 fully saturated rings. The predicted molar refractivity (Wildman–Crippen MR) is 42.1 cm³/mol. The molecule has 0 bridgehead atoms. The first-order valence-electron chi connectivity index (χ1n) is 3.00. The minimum Gasteiger partial charge on any atom is -0.361 e. The van der Waals surface area contributed by atoms with E-state index in [0.717, 1.165) is 15.9 Å². The maximum atomic E-state index is 5.85. The van der Waals surface area contributed by atoms with Gasteiger partial charge in [-0.3, -0.25) is 0 Å². The molecule has 10 heavy (non-hydrogen) atoms. The zero-order valence-corrected chi connectivity index (χ0v) is 5.94. The molecule has 1 N–H and O–H groups in total. The number of hydrogen-bond acceptors (Lipinski definition) is 0. The lowest BCUT2D eigenvalue weighted by molar-refractivity contribution is 1.48. The fourth-order valence-electron chi connectivity index (χ4n) is 0.986. The zero-order valence-electron chi connectivity index (χ0n) is 5.19. The number of fused-ring (bicyclic) bond motifs is 1. The van der Waals surface area contributed by atoms with Crippen molar-refractivity contribution in [2.75, 3.05) is 0 Å². The summed E-state index contributed by atoms with van der Waals surface area (Å²) in [5.74, 6) is 0. The van der Waals surface area contributed by atoms with E-state index in [9.17, 15) is 0 Å². The molecule has 0 aliphatic carbocycles. The van der Waals surface area contributed by atoms with Crippen LogP contribution in [-0.4, -0.2) is 4.98 Å². The Bertz CT molecular complexity index is 351. The molecule has 1 nitrogen and oxygen atoms in total. The summed E-state index contributed by atoms with van der Waals surface area (Å²) in [4.78, 5) is 3.04. The highest BCUT2D eigenvalue weighted by Gasteiger charge is 1.95. The van der Waals surface area contributed by atoms with E-state index in [-0.39, 0.29) is 0 Å². The van der Waals surface area contributed by atoms with Crippen molar-refractivity contribution in [1.82, 2.24) is 4.98 Å². The average molecular weight is 151 g/mol. The van der Waals surface area contributed by atoms with Gasteiger partial charge in [0.05, 0.1) is 5.02 Å². The van der Waals surface area contributed by atoms with Crippen LogP contribution in [0.4, 0.5) is 0 Å². The number of hydrogen-bond donors (Lipinski definition) is 1. The van der Waals surface area contributed by atoms with E-state index >= 15 is 0 Å². The third kappa shape index (κ3) is 0.711. The second-order valence-corrected chi connectivity index (χ2v) is 2.52. The van der Waals surface area contributed by atoms with E-state index in [1.54, 1.807) is 6.07 Å². The van der Waals surface area contributed by atoms with Gasteiger partial charge in [-0.15, -0.1) is 0 Å². The van der Waals surface area contributed by atoms with Gasteiger partial charge < -0.3 is 4.98 Å². The van der Waals surface area contributed by atoms with E-state index in [0.29, 0.717) is 0 Å². The first-order valence-corrected chi connectivity index (χ1v) is 3.38. The lowest BCUT2D eigenvalue weighted by atomic mass is 10.2. The van der Waals surface area contributed by atoms with Crippen molar-refractivity contribution in [3.05, 3.63) is 35.5 Å². The Morgan fingerprint density at radius 1 is 1.40 bits per heavy atom. The Morgan fingerprint density at radius 3 is 3.10 bits per heavy atom. The van der Waals surface area contributed by atoms with E-state index in [2.05, 4.69) is 11.1 Å². The van der Waals surface area contributed by atoms with Crippen molar-refractivity contribution < 1.29 is 0 Å². The molecule has 0 spiro atoms. The lowest BCUT2D eigenvalue weighted by Crippen LogP contribution is -1.66. The van der Waals surface area contributed by atoms with Crippen LogP contribution in [0.2, 0.25) is 5.02 Å². The van der Waals surface area contributed by atoms with Gasteiger partial charge in [0, 0.05) is 17.1 Å². The van der Waals surface area contributed by atoms with Crippen LogP contribution in [0.25, 0.3) is 10.9 Å². The van der Waals surface area contributed by atoms with Crippen LogP contribution in [0.1, 0.15) is 0 Å². The quantitative estimate of drug-likeness (QED) is 0.594. The SMILES string of the molecule is Clc1c[c]cc2[nH]ccc12. The summed E-state index contributed by atoms with van der Waals surface area (Å²) in [7, 11) is 0. The Morgan fingerprint density at radius 2 is 2.30 bits per heavy atom. The summed E-state index contributed by atoms with van der Waals surface area (Å²) in [6, 6.07) is 8.51. The standard InChI is InChI=1S/C8H5ClN/c9-7-2-1-3-8-6(7)4-5-10-8/h2-5,10H. The number of aromatic amines is 1. The highest BCUT2D eigenvalue weighted by Crippen LogP contribution is 2.20. The van der Waals surface area contributed by atoms with Crippen molar-refractivity contribution in [2.24, 2.45) is 0 Å². The first-order chi connectivity index (χ1) is 4.88. The Kier molecular flexibility index (Phi) is 1.18. The maximum absolute atomic E-state index is 5.85. The average Bonchev–Trinajstić information content (AvgIpc) is 2.36. The van der Waals surface area contributed by atoms with Gasteiger partial charge in [0.2, 0.25) is 0 Å². The van der Waals surface area contributed by atoms with Crippen molar-refractivity contribution in [1.29, 1.82) is 0 Å². The van der Waals surface area contributed by atoms with Crippen LogP contribution in [0.5, 0.6) is 0 Å². The molecule has 2 rings (SSSR count). The molecule has 1 radical (unpaired) electrons. The fourth-order valence-corrected chi connectivity index (χ4v) is 1.21. The molecule has 1 aromatic heterocycles. The molecule has 0 atom stereocenters. The zero-order chi connectivity index (χ0) is 6.97. The van der Waals surface area contributed by atoms with E-state index in [1.807, 2.05) is 18.3 Å². The summed E-state index contributed by atoms with van der Waals surface area (Å²) in [6.07, 6.45) is 1.87. The minimum atomic E-state index is 0.749. The van der Waals surface area contributed by atoms with Crippen molar-refractivity contribution >= 4 is 22.5 Å². The highest BCUT2D eigenvalue weighted by atomic mass is 35.5. The van der Waals surface area contributed by atoms with Gasteiger partial charge in [-0.05, 0) is 24.3 Å². The number of H-pyrrole nitrogens is 1. The number of nitrogens with one attached hydrogen (secondary N) is 1. The van der Waals surface area contributed by atoms with Gasteiger partial charge in [-0.1, -0.05) is 11.6 Å². The molecular weight excluding hydrogens is 146 g/mol. The smallest absolute Gasteiger partial charge is 0.0505 e. The third-order valence-electron chi connectivity index (χ3n) is 1.47. The molecule has 0 saturated heterocycles. The fraction of sp³-hybridized carbons (Fsp3) is 0.